The van der Waals surface area contributed by atoms with Crippen LogP contribution in [0.2, 0.25) is 0 Å². The Hall–Kier alpha value is -2.53. The third-order valence-corrected chi connectivity index (χ3v) is 3.76. The largest absolute Gasteiger partial charge is 0.497 e. The number of hydrogen-bond donors (Lipinski definition) is 1. The van der Waals surface area contributed by atoms with Gasteiger partial charge in [-0.2, -0.15) is 0 Å². The van der Waals surface area contributed by atoms with E-state index in [1.807, 2.05) is 30.3 Å². The summed E-state index contributed by atoms with van der Waals surface area (Å²) in [5.41, 5.74) is 2.46. The van der Waals surface area contributed by atoms with Gasteiger partial charge in [-0.1, -0.05) is 19.1 Å². The standard InChI is InChI=1S/C20H25NO4/c1-4-11-25-14-17-12-16(7-10-19(17)24-3)20(22)21-13-15-5-8-18(23-2)9-6-15/h5-10,12H,4,11,13-14H2,1-3H3,(H,21,22). The van der Waals surface area contributed by atoms with E-state index in [1.54, 1.807) is 26.4 Å². The Labute approximate surface area is 148 Å². The van der Waals surface area contributed by atoms with Crippen molar-refractivity contribution in [1.82, 2.24) is 5.32 Å². The van der Waals surface area contributed by atoms with Crippen molar-refractivity contribution in [3.63, 3.8) is 0 Å². The predicted molar refractivity (Wildman–Crippen MR) is 97.1 cm³/mol. The first kappa shape index (κ1) is 18.8. The first-order chi connectivity index (χ1) is 12.2. The van der Waals surface area contributed by atoms with Crippen LogP contribution in [0.5, 0.6) is 11.5 Å². The van der Waals surface area contributed by atoms with E-state index in [-0.39, 0.29) is 5.91 Å². The Morgan fingerprint density at radius 2 is 1.80 bits per heavy atom. The number of nitrogens with one attached hydrogen (secondary N) is 1. The Morgan fingerprint density at radius 3 is 2.44 bits per heavy atom. The van der Waals surface area contributed by atoms with E-state index in [2.05, 4.69) is 12.2 Å². The molecule has 2 aromatic rings. The van der Waals surface area contributed by atoms with Crippen LogP contribution < -0.4 is 14.8 Å². The second-order valence-electron chi connectivity index (χ2n) is 5.61. The molecule has 2 aromatic carbocycles. The summed E-state index contributed by atoms with van der Waals surface area (Å²) in [5.74, 6) is 1.39. The highest BCUT2D eigenvalue weighted by atomic mass is 16.5. The van der Waals surface area contributed by atoms with E-state index >= 15 is 0 Å². The molecule has 0 radical (unpaired) electrons. The lowest BCUT2D eigenvalue weighted by Crippen LogP contribution is -2.23. The molecule has 0 spiro atoms. The van der Waals surface area contributed by atoms with Crippen LogP contribution in [0, 0.1) is 0 Å². The highest BCUT2D eigenvalue weighted by Crippen LogP contribution is 2.21. The Morgan fingerprint density at radius 1 is 1.04 bits per heavy atom. The van der Waals surface area contributed by atoms with E-state index in [1.165, 1.54) is 0 Å². The quantitative estimate of drug-likeness (QED) is 0.707. The summed E-state index contributed by atoms with van der Waals surface area (Å²) in [4.78, 5) is 12.4. The second kappa shape index (κ2) is 9.69. The predicted octanol–water partition coefficient (Wildman–Crippen LogP) is 3.56. The maximum absolute atomic E-state index is 12.4. The number of methoxy groups -OCH3 is 2. The number of rotatable bonds is 9. The molecule has 0 atom stereocenters. The first-order valence-corrected chi connectivity index (χ1v) is 8.33. The van der Waals surface area contributed by atoms with Gasteiger partial charge in [-0.05, 0) is 42.3 Å². The number of amides is 1. The van der Waals surface area contributed by atoms with Gasteiger partial charge in [-0.3, -0.25) is 4.79 Å². The fraction of sp³-hybridized carbons (Fsp3) is 0.350. The molecule has 0 aliphatic heterocycles. The summed E-state index contributed by atoms with van der Waals surface area (Å²) in [6.07, 6.45) is 0.949. The molecule has 0 aliphatic rings. The zero-order chi connectivity index (χ0) is 18.1. The minimum atomic E-state index is -0.129. The van der Waals surface area contributed by atoms with E-state index in [0.29, 0.717) is 25.3 Å². The van der Waals surface area contributed by atoms with Gasteiger partial charge in [0.1, 0.15) is 11.5 Å². The third kappa shape index (κ3) is 5.50. The Bertz CT molecular complexity index is 683. The van der Waals surface area contributed by atoms with Crippen molar-refractivity contribution in [2.45, 2.75) is 26.5 Å². The van der Waals surface area contributed by atoms with Crippen molar-refractivity contribution in [3.8, 4) is 11.5 Å². The molecule has 0 fully saturated rings. The highest BCUT2D eigenvalue weighted by molar-refractivity contribution is 5.94. The average molecular weight is 343 g/mol. The maximum Gasteiger partial charge on any atom is 0.251 e. The molecule has 0 aromatic heterocycles. The lowest BCUT2D eigenvalue weighted by molar-refractivity contribution is 0.0950. The van der Waals surface area contributed by atoms with Gasteiger partial charge in [-0.15, -0.1) is 0 Å². The van der Waals surface area contributed by atoms with Gasteiger partial charge in [0, 0.05) is 24.3 Å². The zero-order valence-corrected chi connectivity index (χ0v) is 15.0. The van der Waals surface area contributed by atoms with Crippen molar-refractivity contribution < 1.29 is 19.0 Å². The van der Waals surface area contributed by atoms with Crippen LogP contribution in [0.4, 0.5) is 0 Å². The molecule has 1 N–H and O–H groups in total. The number of carbonyl (C=O) groups is 1. The minimum absolute atomic E-state index is 0.129. The fourth-order valence-electron chi connectivity index (χ4n) is 2.39. The number of ether oxygens (including phenoxy) is 3. The second-order valence-corrected chi connectivity index (χ2v) is 5.61. The van der Waals surface area contributed by atoms with Crippen molar-refractivity contribution >= 4 is 5.91 Å². The lowest BCUT2D eigenvalue weighted by atomic mass is 10.1. The molecule has 0 bridgehead atoms. The van der Waals surface area contributed by atoms with Crippen molar-refractivity contribution in [3.05, 3.63) is 59.2 Å². The first-order valence-electron chi connectivity index (χ1n) is 8.33. The highest BCUT2D eigenvalue weighted by Gasteiger charge is 2.10. The molecule has 5 nitrogen and oxygen atoms in total. The molecule has 0 unspecified atom stereocenters. The smallest absolute Gasteiger partial charge is 0.251 e. The van der Waals surface area contributed by atoms with Gasteiger partial charge in [0.2, 0.25) is 0 Å². The normalized spacial score (nSPS) is 10.4. The van der Waals surface area contributed by atoms with Gasteiger partial charge < -0.3 is 19.5 Å². The van der Waals surface area contributed by atoms with Gasteiger partial charge in [-0.25, -0.2) is 0 Å². The average Bonchev–Trinajstić information content (AvgIpc) is 2.66. The summed E-state index contributed by atoms with van der Waals surface area (Å²) >= 11 is 0. The molecule has 5 heteroatoms. The van der Waals surface area contributed by atoms with Crippen LogP contribution in [-0.4, -0.2) is 26.7 Å². The molecule has 2 rings (SSSR count). The van der Waals surface area contributed by atoms with Crippen LogP contribution in [-0.2, 0) is 17.9 Å². The topological polar surface area (TPSA) is 56.8 Å². The molecular weight excluding hydrogens is 318 g/mol. The third-order valence-electron chi connectivity index (χ3n) is 3.76. The Kier molecular flexibility index (Phi) is 7.29. The maximum atomic E-state index is 12.4. The van der Waals surface area contributed by atoms with Crippen LogP contribution in [0.3, 0.4) is 0 Å². The zero-order valence-electron chi connectivity index (χ0n) is 15.0. The van der Waals surface area contributed by atoms with Gasteiger partial charge in [0.15, 0.2) is 0 Å². The van der Waals surface area contributed by atoms with Gasteiger partial charge in [0.25, 0.3) is 5.91 Å². The van der Waals surface area contributed by atoms with Gasteiger partial charge >= 0.3 is 0 Å². The fourth-order valence-corrected chi connectivity index (χ4v) is 2.39. The Balaban J connectivity index is 2.00. The SMILES string of the molecule is CCCOCc1cc(C(=O)NCc2ccc(OC)cc2)ccc1OC. The molecule has 0 saturated heterocycles. The summed E-state index contributed by atoms with van der Waals surface area (Å²) in [6, 6.07) is 13.0. The summed E-state index contributed by atoms with van der Waals surface area (Å²) in [5, 5.41) is 2.92. The monoisotopic (exact) mass is 343 g/mol. The summed E-state index contributed by atoms with van der Waals surface area (Å²) in [6.45, 7) is 3.62. The molecule has 25 heavy (non-hydrogen) atoms. The molecular formula is C20H25NO4. The molecule has 1 amide bonds. The molecule has 134 valence electrons. The van der Waals surface area contributed by atoms with Crippen LogP contribution in [0.25, 0.3) is 0 Å². The summed E-state index contributed by atoms with van der Waals surface area (Å²) in [7, 11) is 3.24. The van der Waals surface area contributed by atoms with Crippen LogP contribution >= 0.6 is 0 Å². The van der Waals surface area contributed by atoms with E-state index in [9.17, 15) is 4.79 Å². The van der Waals surface area contributed by atoms with Crippen molar-refractivity contribution in [2.75, 3.05) is 20.8 Å². The number of hydrogen-bond acceptors (Lipinski definition) is 4. The van der Waals surface area contributed by atoms with E-state index in [4.69, 9.17) is 14.2 Å². The molecule has 0 saturated carbocycles. The van der Waals surface area contributed by atoms with Crippen molar-refractivity contribution in [1.29, 1.82) is 0 Å². The van der Waals surface area contributed by atoms with Crippen LogP contribution in [0.1, 0.15) is 34.8 Å². The van der Waals surface area contributed by atoms with Crippen molar-refractivity contribution in [2.24, 2.45) is 0 Å². The number of carbonyl (C=O) groups excluding carboxylic acids is 1. The summed E-state index contributed by atoms with van der Waals surface area (Å²) < 4.78 is 16.0. The van der Waals surface area contributed by atoms with E-state index < -0.39 is 0 Å². The van der Waals surface area contributed by atoms with Crippen LogP contribution in [0.15, 0.2) is 42.5 Å². The van der Waals surface area contributed by atoms with E-state index in [0.717, 1.165) is 29.0 Å². The number of benzene rings is 2. The molecule has 0 aliphatic carbocycles. The van der Waals surface area contributed by atoms with Gasteiger partial charge in [0.05, 0.1) is 20.8 Å². The lowest BCUT2D eigenvalue weighted by Gasteiger charge is -2.12. The molecule has 0 heterocycles. The minimum Gasteiger partial charge on any atom is -0.497 e.